The van der Waals surface area contributed by atoms with E-state index in [1.165, 1.54) is 0 Å². The standard InChI is InChI=1S/C19H18BrCl2N3O2/c1-12(26)24-6-8-25(9-7-24)18-5-3-14(11-17(18)22)23-19(27)15-10-13(20)2-4-16(15)21/h2-5,10-11H,6-9H2,1H3,(H,23,27). The van der Waals surface area contributed by atoms with E-state index in [2.05, 4.69) is 26.1 Å². The molecular weight excluding hydrogens is 453 g/mol. The van der Waals surface area contributed by atoms with Gasteiger partial charge >= 0.3 is 0 Å². The van der Waals surface area contributed by atoms with E-state index in [1.54, 1.807) is 31.2 Å². The minimum atomic E-state index is -0.305. The molecule has 0 radical (unpaired) electrons. The smallest absolute Gasteiger partial charge is 0.257 e. The molecule has 1 heterocycles. The van der Waals surface area contributed by atoms with E-state index in [0.717, 1.165) is 23.2 Å². The van der Waals surface area contributed by atoms with Gasteiger partial charge < -0.3 is 15.1 Å². The second kappa shape index (κ2) is 8.50. The van der Waals surface area contributed by atoms with Crippen molar-refractivity contribution in [1.29, 1.82) is 0 Å². The molecule has 0 aromatic heterocycles. The molecule has 1 saturated heterocycles. The zero-order valence-electron chi connectivity index (χ0n) is 14.6. The van der Waals surface area contributed by atoms with Crippen molar-refractivity contribution in [2.75, 3.05) is 36.4 Å². The molecule has 0 spiro atoms. The first-order valence-corrected chi connectivity index (χ1v) is 9.96. The zero-order valence-corrected chi connectivity index (χ0v) is 17.7. The fourth-order valence-corrected chi connectivity index (χ4v) is 3.84. The molecule has 3 rings (SSSR count). The summed E-state index contributed by atoms with van der Waals surface area (Å²) in [6.07, 6.45) is 0. The molecule has 8 heteroatoms. The summed E-state index contributed by atoms with van der Waals surface area (Å²) < 4.78 is 0.773. The van der Waals surface area contributed by atoms with Gasteiger partial charge in [-0.25, -0.2) is 0 Å². The topological polar surface area (TPSA) is 52.7 Å². The van der Waals surface area contributed by atoms with Crippen molar-refractivity contribution < 1.29 is 9.59 Å². The first-order valence-electron chi connectivity index (χ1n) is 8.41. The lowest BCUT2D eigenvalue weighted by molar-refractivity contribution is -0.129. The predicted molar refractivity (Wildman–Crippen MR) is 113 cm³/mol. The number of hydrogen-bond acceptors (Lipinski definition) is 3. The molecule has 2 aromatic carbocycles. The molecule has 1 aliphatic rings. The van der Waals surface area contributed by atoms with Gasteiger partial charge in [-0.05, 0) is 36.4 Å². The summed E-state index contributed by atoms with van der Waals surface area (Å²) in [5.41, 5.74) is 1.86. The van der Waals surface area contributed by atoms with Gasteiger partial charge in [0.25, 0.3) is 5.91 Å². The van der Waals surface area contributed by atoms with Gasteiger partial charge in [0.1, 0.15) is 0 Å². The third-order valence-electron chi connectivity index (χ3n) is 4.44. The van der Waals surface area contributed by atoms with Crippen LogP contribution in [0.3, 0.4) is 0 Å². The van der Waals surface area contributed by atoms with Crippen molar-refractivity contribution in [3.05, 3.63) is 56.5 Å². The highest BCUT2D eigenvalue weighted by atomic mass is 79.9. The minimum Gasteiger partial charge on any atom is -0.367 e. The van der Waals surface area contributed by atoms with Crippen molar-refractivity contribution in [3.8, 4) is 0 Å². The second-order valence-corrected chi connectivity index (χ2v) is 7.97. The van der Waals surface area contributed by atoms with Crippen LogP contribution < -0.4 is 10.2 Å². The number of piperazine rings is 1. The summed E-state index contributed by atoms with van der Waals surface area (Å²) in [7, 11) is 0. The molecule has 0 bridgehead atoms. The molecule has 2 amide bonds. The molecule has 1 N–H and O–H groups in total. The Morgan fingerprint density at radius 3 is 2.33 bits per heavy atom. The van der Waals surface area contributed by atoms with Gasteiger partial charge in [-0.15, -0.1) is 0 Å². The molecule has 27 heavy (non-hydrogen) atoms. The number of nitrogens with zero attached hydrogens (tertiary/aromatic N) is 2. The Labute approximate surface area is 176 Å². The van der Waals surface area contributed by atoms with Gasteiger partial charge in [0, 0.05) is 43.3 Å². The van der Waals surface area contributed by atoms with E-state index in [9.17, 15) is 9.59 Å². The number of hydrogen-bond donors (Lipinski definition) is 1. The molecule has 1 fully saturated rings. The van der Waals surface area contributed by atoms with Gasteiger partial charge in [0.15, 0.2) is 0 Å². The number of halogens is 3. The Kier molecular flexibility index (Phi) is 6.29. The summed E-state index contributed by atoms with van der Waals surface area (Å²) in [6.45, 7) is 4.37. The van der Waals surface area contributed by atoms with Crippen LogP contribution in [-0.2, 0) is 4.79 Å². The summed E-state index contributed by atoms with van der Waals surface area (Å²) in [5, 5.41) is 3.74. The lowest BCUT2D eigenvalue weighted by atomic mass is 10.2. The van der Waals surface area contributed by atoms with Crippen LogP contribution in [0.2, 0.25) is 10.0 Å². The van der Waals surface area contributed by atoms with E-state index in [0.29, 0.717) is 34.4 Å². The number of nitrogens with one attached hydrogen (secondary N) is 1. The maximum Gasteiger partial charge on any atom is 0.257 e. The van der Waals surface area contributed by atoms with Gasteiger partial charge in [-0.1, -0.05) is 39.1 Å². The average molecular weight is 471 g/mol. The summed E-state index contributed by atoms with van der Waals surface area (Å²) >= 11 is 15.9. The molecule has 142 valence electrons. The molecule has 0 atom stereocenters. The Hall–Kier alpha value is -1.76. The van der Waals surface area contributed by atoms with E-state index >= 15 is 0 Å². The zero-order chi connectivity index (χ0) is 19.6. The van der Waals surface area contributed by atoms with Crippen LogP contribution in [0.15, 0.2) is 40.9 Å². The Morgan fingerprint density at radius 1 is 1.00 bits per heavy atom. The van der Waals surface area contributed by atoms with Crippen LogP contribution in [0.4, 0.5) is 11.4 Å². The number of rotatable bonds is 3. The fourth-order valence-electron chi connectivity index (χ4n) is 2.97. The average Bonchev–Trinajstić information content (AvgIpc) is 2.64. The monoisotopic (exact) mass is 469 g/mol. The van der Waals surface area contributed by atoms with E-state index in [-0.39, 0.29) is 11.8 Å². The van der Waals surface area contributed by atoms with E-state index in [1.807, 2.05) is 17.0 Å². The highest BCUT2D eigenvalue weighted by Gasteiger charge is 2.20. The molecule has 0 aliphatic carbocycles. The molecule has 0 saturated carbocycles. The van der Waals surface area contributed by atoms with Gasteiger partial charge in [0.05, 0.1) is 21.3 Å². The molecule has 5 nitrogen and oxygen atoms in total. The second-order valence-electron chi connectivity index (χ2n) is 6.24. The van der Waals surface area contributed by atoms with Crippen molar-refractivity contribution in [2.24, 2.45) is 0 Å². The molecule has 2 aromatic rings. The van der Waals surface area contributed by atoms with Crippen molar-refractivity contribution >= 4 is 62.3 Å². The van der Waals surface area contributed by atoms with Gasteiger partial charge in [-0.3, -0.25) is 9.59 Å². The van der Waals surface area contributed by atoms with Crippen LogP contribution in [0.1, 0.15) is 17.3 Å². The lowest BCUT2D eigenvalue weighted by Crippen LogP contribution is -2.48. The van der Waals surface area contributed by atoms with Crippen LogP contribution in [0, 0.1) is 0 Å². The Morgan fingerprint density at radius 2 is 1.70 bits per heavy atom. The van der Waals surface area contributed by atoms with Crippen LogP contribution in [0.25, 0.3) is 0 Å². The van der Waals surface area contributed by atoms with Crippen LogP contribution in [0.5, 0.6) is 0 Å². The van der Waals surface area contributed by atoms with Crippen molar-refractivity contribution in [3.63, 3.8) is 0 Å². The maximum atomic E-state index is 12.5. The summed E-state index contributed by atoms with van der Waals surface area (Å²) in [6, 6.07) is 10.5. The van der Waals surface area contributed by atoms with Crippen molar-refractivity contribution in [2.45, 2.75) is 6.92 Å². The Bertz CT molecular complexity index is 883. The number of benzene rings is 2. The van der Waals surface area contributed by atoms with Gasteiger partial charge in [-0.2, -0.15) is 0 Å². The molecular formula is C19H18BrCl2N3O2. The first kappa shape index (κ1) is 20.0. The highest BCUT2D eigenvalue weighted by molar-refractivity contribution is 9.10. The summed E-state index contributed by atoms with van der Waals surface area (Å²) in [5.74, 6) is -0.217. The van der Waals surface area contributed by atoms with Crippen molar-refractivity contribution in [1.82, 2.24) is 4.90 Å². The first-order chi connectivity index (χ1) is 12.8. The number of carbonyl (C=O) groups excluding carboxylic acids is 2. The third kappa shape index (κ3) is 4.75. The lowest BCUT2D eigenvalue weighted by Gasteiger charge is -2.36. The van der Waals surface area contributed by atoms with Crippen LogP contribution >= 0.6 is 39.1 Å². The van der Waals surface area contributed by atoms with Gasteiger partial charge in [0.2, 0.25) is 5.91 Å². The minimum absolute atomic E-state index is 0.0880. The molecule has 0 unspecified atom stereocenters. The maximum absolute atomic E-state index is 12.5. The van der Waals surface area contributed by atoms with Crippen LogP contribution in [-0.4, -0.2) is 42.9 Å². The number of anilines is 2. The number of amides is 2. The molecule has 1 aliphatic heterocycles. The number of carbonyl (C=O) groups is 2. The SMILES string of the molecule is CC(=O)N1CCN(c2ccc(NC(=O)c3cc(Br)ccc3Cl)cc2Cl)CC1. The third-order valence-corrected chi connectivity index (χ3v) is 5.57. The Balaban J connectivity index is 1.71. The van der Waals surface area contributed by atoms with E-state index in [4.69, 9.17) is 23.2 Å². The normalized spacial score (nSPS) is 14.2. The fraction of sp³-hybridized carbons (Fsp3) is 0.263. The highest BCUT2D eigenvalue weighted by Crippen LogP contribution is 2.30. The predicted octanol–water partition coefficient (Wildman–Crippen LogP) is 4.68. The summed E-state index contributed by atoms with van der Waals surface area (Å²) in [4.78, 5) is 27.9. The largest absolute Gasteiger partial charge is 0.367 e. The quantitative estimate of drug-likeness (QED) is 0.708. The van der Waals surface area contributed by atoms with E-state index < -0.39 is 0 Å².